The topological polar surface area (TPSA) is 67.8 Å². The molecule has 0 aliphatic carbocycles. The first-order valence-electron chi connectivity index (χ1n) is 11.5. The van der Waals surface area contributed by atoms with Gasteiger partial charge >= 0.3 is 0 Å². The number of hydrogen-bond acceptors (Lipinski definition) is 6. The predicted molar refractivity (Wildman–Crippen MR) is 137 cm³/mol. The summed E-state index contributed by atoms with van der Waals surface area (Å²) in [5.41, 5.74) is 7.65. The van der Waals surface area contributed by atoms with Gasteiger partial charge in [0.1, 0.15) is 17.3 Å². The number of aryl methyl sites for hydroxylation is 2. The normalized spacial score (nSPS) is 10.9. The summed E-state index contributed by atoms with van der Waals surface area (Å²) in [5, 5.41) is 7.67. The third-order valence-electron chi connectivity index (χ3n) is 5.18. The molecule has 0 aliphatic rings. The molecule has 2 N–H and O–H groups in total. The van der Waals surface area contributed by atoms with E-state index in [-0.39, 0.29) is 0 Å². The van der Waals surface area contributed by atoms with Gasteiger partial charge in [-0.3, -0.25) is 5.43 Å². The molecule has 174 valence electrons. The van der Waals surface area contributed by atoms with Crippen molar-refractivity contribution in [1.82, 2.24) is 4.98 Å². The fourth-order valence-corrected chi connectivity index (χ4v) is 3.44. The number of hydrogen-bond donors (Lipinski definition) is 2. The van der Waals surface area contributed by atoms with Gasteiger partial charge in [0.25, 0.3) is 0 Å². The Morgan fingerprint density at radius 3 is 2.64 bits per heavy atom. The van der Waals surface area contributed by atoms with Crippen molar-refractivity contribution in [2.24, 2.45) is 5.10 Å². The van der Waals surface area contributed by atoms with Crippen LogP contribution >= 0.6 is 0 Å². The zero-order valence-electron chi connectivity index (χ0n) is 20.0. The molecule has 0 radical (unpaired) electrons. The molecule has 6 heteroatoms. The molecular weight excluding hydrogens is 412 g/mol. The summed E-state index contributed by atoms with van der Waals surface area (Å²) in [6, 6.07) is 18.3. The van der Waals surface area contributed by atoms with Crippen LogP contribution in [-0.4, -0.2) is 31.5 Å². The Morgan fingerprint density at radius 1 is 1.03 bits per heavy atom. The molecule has 1 aromatic heterocycles. The average molecular weight is 447 g/mol. The fraction of sp³-hybridized carbons (Fsp3) is 0.333. The van der Waals surface area contributed by atoms with Crippen molar-refractivity contribution in [1.29, 1.82) is 0 Å². The molecule has 0 unspecified atom stereocenters. The average Bonchev–Trinajstić information content (AvgIpc) is 2.82. The Balaban J connectivity index is 1.66. The molecule has 0 atom stereocenters. The molecule has 3 aromatic rings. The standard InChI is InChI=1S/C27H34N4O2/c1-5-13-28-26-17-24(33-14-12-21-10-11-23(6-2)25(16-21)32-4)18-27(30-26)31-29-19-22-9-7-8-20(3)15-22/h7-11,15-19H,5-6,12-14H2,1-4H3,(H2,28,30,31)/b29-19+. The van der Waals surface area contributed by atoms with Crippen LogP contribution in [0.1, 0.15) is 42.5 Å². The number of hydrazone groups is 1. The highest BCUT2D eigenvalue weighted by Crippen LogP contribution is 2.23. The summed E-state index contributed by atoms with van der Waals surface area (Å²) in [5.74, 6) is 3.07. The second-order valence-electron chi connectivity index (χ2n) is 7.88. The van der Waals surface area contributed by atoms with Crippen molar-refractivity contribution in [3.8, 4) is 11.5 Å². The first kappa shape index (κ1) is 24.1. The van der Waals surface area contributed by atoms with Gasteiger partial charge in [-0.15, -0.1) is 0 Å². The second-order valence-corrected chi connectivity index (χ2v) is 7.88. The minimum Gasteiger partial charge on any atom is -0.496 e. The number of aromatic nitrogens is 1. The molecule has 0 aliphatic heterocycles. The van der Waals surface area contributed by atoms with Crippen LogP contribution in [0.5, 0.6) is 11.5 Å². The molecule has 0 spiro atoms. The lowest BCUT2D eigenvalue weighted by Gasteiger charge is -2.12. The maximum atomic E-state index is 6.07. The van der Waals surface area contributed by atoms with Crippen molar-refractivity contribution >= 4 is 17.9 Å². The van der Waals surface area contributed by atoms with E-state index in [1.165, 1.54) is 16.7 Å². The number of anilines is 2. The van der Waals surface area contributed by atoms with Crippen LogP contribution in [-0.2, 0) is 12.8 Å². The van der Waals surface area contributed by atoms with E-state index in [1.54, 1.807) is 13.3 Å². The minimum atomic E-state index is 0.553. The van der Waals surface area contributed by atoms with Crippen molar-refractivity contribution in [2.75, 3.05) is 31.0 Å². The lowest BCUT2D eigenvalue weighted by atomic mass is 10.1. The summed E-state index contributed by atoms with van der Waals surface area (Å²) in [6.45, 7) is 7.71. The van der Waals surface area contributed by atoms with Gasteiger partial charge in [-0.2, -0.15) is 5.10 Å². The highest BCUT2D eigenvalue weighted by Gasteiger charge is 2.06. The molecule has 2 aromatic carbocycles. The van der Waals surface area contributed by atoms with Crippen molar-refractivity contribution < 1.29 is 9.47 Å². The first-order chi connectivity index (χ1) is 16.1. The van der Waals surface area contributed by atoms with Crippen LogP contribution in [0.3, 0.4) is 0 Å². The number of methoxy groups -OCH3 is 1. The van der Waals surface area contributed by atoms with E-state index in [4.69, 9.17) is 9.47 Å². The Kier molecular flexibility index (Phi) is 9.12. The third kappa shape index (κ3) is 7.52. The molecule has 0 saturated carbocycles. The zero-order valence-corrected chi connectivity index (χ0v) is 20.0. The third-order valence-corrected chi connectivity index (χ3v) is 5.18. The summed E-state index contributed by atoms with van der Waals surface area (Å²) in [4.78, 5) is 4.60. The quantitative estimate of drug-likeness (QED) is 0.270. The maximum Gasteiger partial charge on any atom is 0.152 e. The van der Waals surface area contributed by atoms with Crippen LogP contribution < -0.4 is 20.2 Å². The Labute approximate surface area is 197 Å². The summed E-state index contributed by atoms with van der Waals surface area (Å²) >= 11 is 0. The van der Waals surface area contributed by atoms with Gasteiger partial charge in [0.15, 0.2) is 5.82 Å². The van der Waals surface area contributed by atoms with Gasteiger partial charge in [0, 0.05) is 25.1 Å². The van der Waals surface area contributed by atoms with E-state index in [0.29, 0.717) is 12.4 Å². The summed E-state index contributed by atoms with van der Waals surface area (Å²) in [7, 11) is 1.71. The van der Waals surface area contributed by atoms with Gasteiger partial charge < -0.3 is 14.8 Å². The molecule has 6 nitrogen and oxygen atoms in total. The van der Waals surface area contributed by atoms with E-state index < -0.39 is 0 Å². The number of rotatable bonds is 12. The monoisotopic (exact) mass is 446 g/mol. The van der Waals surface area contributed by atoms with Gasteiger partial charge in [-0.1, -0.05) is 55.8 Å². The molecule has 0 amide bonds. The van der Waals surface area contributed by atoms with Gasteiger partial charge in [0.2, 0.25) is 0 Å². The number of ether oxygens (including phenoxy) is 2. The highest BCUT2D eigenvalue weighted by atomic mass is 16.5. The van der Waals surface area contributed by atoms with Crippen molar-refractivity contribution in [3.63, 3.8) is 0 Å². The SMILES string of the molecule is CCCNc1cc(OCCc2ccc(CC)c(OC)c2)cc(N/N=C/c2cccc(C)c2)n1. The van der Waals surface area contributed by atoms with Crippen LogP contribution in [0.2, 0.25) is 0 Å². The first-order valence-corrected chi connectivity index (χ1v) is 11.5. The smallest absolute Gasteiger partial charge is 0.152 e. The van der Waals surface area contributed by atoms with E-state index in [0.717, 1.165) is 48.7 Å². The molecule has 0 saturated heterocycles. The molecule has 33 heavy (non-hydrogen) atoms. The van der Waals surface area contributed by atoms with E-state index >= 15 is 0 Å². The lowest BCUT2D eigenvalue weighted by Crippen LogP contribution is -2.06. The van der Waals surface area contributed by atoms with Crippen molar-refractivity contribution in [3.05, 3.63) is 76.9 Å². The van der Waals surface area contributed by atoms with Gasteiger partial charge in [0.05, 0.1) is 19.9 Å². The molecular formula is C27H34N4O2. The predicted octanol–water partition coefficient (Wildman–Crippen LogP) is 5.85. The van der Waals surface area contributed by atoms with E-state index in [9.17, 15) is 0 Å². The Bertz CT molecular complexity index is 1070. The number of nitrogens with one attached hydrogen (secondary N) is 2. The van der Waals surface area contributed by atoms with E-state index in [2.05, 4.69) is 71.9 Å². The summed E-state index contributed by atoms with van der Waals surface area (Å²) < 4.78 is 11.6. The molecule has 0 bridgehead atoms. The van der Waals surface area contributed by atoms with Crippen molar-refractivity contribution in [2.45, 2.75) is 40.0 Å². The number of benzene rings is 2. The van der Waals surface area contributed by atoms with Gasteiger partial charge in [-0.25, -0.2) is 4.98 Å². The Morgan fingerprint density at radius 2 is 1.88 bits per heavy atom. The minimum absolute atomic E-state index is 0.553. The van der Waals surface area contributed by atoms with Crippen LogP contribution in [0.15, 0.2) is 59.7 Å². The molecule has 0 fully saturated rings. The maximum absolute atomic E-state index is 6.07. The Hall–Kier alpha value is -3.54. The van der Waals surface area contributed by atoms with Gasteiger partial charge in [-0.05, 0) is 42.5 Å². The van der Waals surface area contributed by atoms with Crippen LogP contribution in [0.4, 0.5) is 11.6 Å². The zero-order chi connectivity index (χ0) is 23.5. The molecule has 1 heterocycles. The van der Waals surface area contributed by atoms with E-state index in [1.807, 2.05) is 24.3 Å². The second kappa shape index (κ2) is 12.5. The number of pyridine rings is 1. The largest absolute Gasteiger partial charge is 0.496 e. The lowest BCUT2D eigenvalue weighted by molar-refractivity contribution is 0.321. The molecule has 3 rings (SSSR count). The van der Waals surface area contributed by atoms with Crippen LogP contribution in [0, 0.1) is 6.92 Å². The summed E-state index contributed by atoms with van der Waals surface area (Å²) in [6.07, 6.45) is 4.53. The number of nitrogens with zero attached hydrogens (tertiary/aromatic N) is 2. The van der Waals surface area contributed by atoms with Crippen LogP contribution in [0.25, 0.3) is 0 Å². The highest BCUT2D eigenvalue weighted by molar-refractivity contribution is 5.80. The fourth-order valence-electron chi connectivity index (χ4n) is 3.44.